The zero-order valence-corrected chi connectivity index (χ0v) is 10.8. The summed E-state index contributed by atoms with van der Waals surface area (Å²) in [6, 6.07) is 7.10. The van der Waals surface area contributed by atoms with Crippen LogP contribution >= 0.6 is 11.6 Å². The third-order valence-electron chi connectivity index (χ3n) is 2.49. The first-order valence-corrected chi connectivity index (χ1v) is 6.07. The van der Waals surface area contributed by atoms with Gasteiger partial charge in [-0.25, -0.2) is 9.78 Å². The SMILES string of the molecule is O=C(O)c1cnc(NCCc2ccccn2)c(Cl)c1. The summed E-state index contributed by atoms with van der Waals surface area (Å²) in [7, 11) is 0. The van der Waals surface area contributed by atoms with Gasteiger partial charge in [-0.2, -0.15) is 0 Å². The number of nitrogens with zero attached hydrogens (tertiary/aromatic N) is 2. The van der Waals surface area contributed by atoms with E-state index in [9.17, 15) is 4.79 Å². The van der Waals surface area contributed by atoms with Crippen LogP contribution in [0.3, 0.4) is 0 Å². The van der Waals surface area contributed by atoms with Gasteiger partial charge in [-0.05, 0) is 18.2 Å². The Kier molecular flexibility index (Phi) is 4.30. The second kappa shape index (κ2) is 6.15. The maximum atomic E-state index is 10.7. The number of carbonyl (C=O) groups is 1. The number of carboxylic acids is 1. The van der Waals surface area contributed by atoms with Crippen molar-refractivity contribution in [1.29, 1.82) is 0 Å². The minimum atomic E-state index is -1.05. The Bertz CT molecular complexity index is 575. The van der Waals surface area contributed by atoms with Crippen molar-refractivity contribution in [3.63, 3.8) is 0 Å². The van der Waals surface area contributed by atoms with Gasteiger partial charge >= 0.3 is 5.97 Å². The van der Waals surface area contributed by atoms with Crippen LogP contribution in [0.2, 0.25) is 5.02 Å². The topological polar surface area (TPSA) is 75.1 Å². The van der Waals surface area contributed by atoms with Crippen molar-refractivity contribution < 1.29 is 9.90 Å². The minimum Gasteiger partial charge on any atom is -0.478 e. The lowest BCUT2D eigenvalue weighted by atomic mass is 10.2. The van der Waals surface area contributed by atoms with Gasteiger partial charge in [-0.15, -0.1) is 0 Å². The van der Waals surface area contributed by atoms with Gasteiger partial charge in [0.05, 0.1) is 10.6 Å². The van der Waals surface area contributed by atoms with Gasteiger partial charge in [0.25, 0.3) is 0 Å². The van der Waals surface area contributed by atoms with E-state index in [-0.39, 0.29) is 5.56 Å². The Balaban J connectivity index is 1.95. The number of aromatic nitrogens is 2. The van der Waals surface area contributed by atoms with E-state index in [2.05, 4.69) is 15.3 Å². The Morgan fingerprint density at radius 3 is 2.84 bits per heavy atom. The molecule has 0 aliphatic carbocycles. The number of halogens is 1. The molecule has 2 rings (SSSR count). The highest BCUT2D eigenvalue weighted by atomic mass is 35.5. The second-order valence-electron chi connectivity index (χ2n) is 3.86. The Labute approximate surface area is 115 Å². The molecule has 5 nitrogen and oxygen atoms in total. The zero-order chi connectivity index (χ0) is 13.7. The van der Waals surface area contributed by atoms with Crippen molar-refractivity contribution in [2.45, 2.75) is 6.42 Å². The largest absolute Gasteiger partial charge is 0.478 e. The van der Waals surface area contributed by atoms with E-state index in [1.807, 2.05) is 18.2 Å². The van der Waals surface area contributed by atoms with Gasteiger partial charge < -0.3 is 10.4 Å². The Morgan fingerprint density at radius 2 is 2.21 bits per heavy atom. The van der Waals surface area contributed by atoms with E-state index >= 15 is 0 Å². The van der Waals surface area contributed by atoms with Crippen LogP contribution in [-0.2, 0) is 6.42 Å². The molecule has 6 heteroatoms. The number of carboxylic acid groups (broad SMARTS) is 1. The predicted octanol–water partition coefficient (Wildman–Crippen LogP) is 2.48. The summed E-state index contributed by atoms with van der Waals surface area (Å²) in [5, 5.41) is 12.1. The average molecular weight is 278 g/mol. The quantitative estimate of drug-likeness (QED) is 0.878. The molecule has 2 N–H and O–H groups in total. The van der Waals surface area contributed by atoms with Gasteiger partial charge in [0, 0.05) is 31.1 Å². The van der Waals surface area contributed by atoms with Crippen molar-refractivity contribution in [3.8, 4) is 0 Å². The summed E-state index contributed by atoms with van der Waals surface area (Å²) in [5.74, 6) is -0.572. The molecule has 2 heterocycles. The van der Waals surface area contributed by atoms with Crippen molar-refractivity contribution in [2.24, 2.45) is 0 Å². The standard InChI is InChI=1S/C13H12ClN3O2/c14-11-7-9(13(18)19)8-17-12(11)16-6-4-10-3-1-2-5-15-10/h1-3,5,7-8H,4,6H2,(H,16,17)(H,18,19). The van der Waals surface area contributed by atoms with E-state index in [1.165, 1.54) is 12.3 Å². The molecule has 98 valence electrons. The van der Waals surface area contributed by atoms with Crippen LogP contribution in [0.4, 0.5) is 5.82 Å². The molecule has 2 aromatic heterocycles. The first kappa shape index (κ1) is 13.3. The molecule has 0 saturated carbocycles. The molecule has 0 amide bonds. The Morgan fingerprint density at radius 1 is 1.37 bits per heavy atom. The number of hydrogen-bond acceptors (Lipinski definition) is 4. The molecule has 0 bridgehead atoms. The second-order valence-corrected chi connectivity index (χ2v) is 4.26. The van der Waals surface area contributed by atoms with Crippen molar-refractivity contribution in [2.75, 3.05) is 11.9 Å². The van der Waals surface area contributed by atoms with Crippen LogP contribution in [0.25, 0.3) is 0 Å². The summed E-state index contributed by atoms with van der Waals surface area (Å²) in [5.41, 5.74) is 1.04. The summed E-state index contributed by atoms with van der Waals surface area (Å²) in [4.78, 5) is 18.9. The fourth-order valence-electron chi connectivity index (χ4n) is 1.54. The minimum absolute atomic E-state index is 0.0697. The third kappa shape index (κ3) is 3.66. The molecule has 0 aliphatic heterocycles. The number of anilines is 1. The highest BCUT2D eigenvalue weighted by Gasteiger charge is 2.08. The van der Waals surface area contributed by atoms with Crippen LogP contribution in [-0.4, -0.2) is 27.6 Å². The number of nitrogens with one attached hydrogen (secondary N) is 1. The lowest BCUT2D eigenvalue weighted by Crippen LogP contribution is -2.08. The van der Waals surface area contributed by atoms with Gasteiger partial charge in [-0.3, -0.25) is 4.98 Å². The van der Waals surface area contributed by atoms with E-state index in [4.69, 9.17) is 16.7 Å². The first-order valence-electron chi connectivity index (χ1n) is 5.69. The summed E-state index contributed by atoms with van der Waals surface area (Å²) in [6.45, 7) is 0.621. The lowest BCUT2D eigenvalue weighted by molar-refractivity contribution is 0.0696. The monoisotopic (exact) mass is 277 g/mol. The molecule has 0 atom stereocenters. The highest BCUT2D eigenvalue weighted by molar-refractivity contribution is 6.33. The maximum Gasteiger partial charge on any atom is 0.337 e. The maximum absolute atomic E-state index is 10.7. The lowest BCUT2D eigenvalue weighted by Gasteiger charge is -2.07. The van der Waals surface area contributed by atoms with Crippen LogP contribution in [0.5, 0.6) is 0 Å². The van der Waals surface area contributed by atoms with Gasteiger partial charge in [0.2, 0.25) is 0 Å². The predicted molar refractivity (Wildman–Crippen MR) is 72.6 cm³/mol. The number of pyridine rings is 2. The molecule has 0 fully saturated rings. The normalized spacial score (nSPS) is 10.2. The molecule has 2 aromatic rings. The third-order valence-corrected chi connectivity index (χ3v) is 2.78. The molecular weight excluding hydrogens is 266 g/mol. The molecule has 0 spiro atoms. The number of rotatable bonds is 5. The highest BCUT2D eigenvalue weighted by Crippen LogP contribution is 2.19. The van der Waals surface area contributed by atoms with Crippen LogP contribution in [0.15, 0.2) is 36.7 Å². The molecule has 0 radical (unpaired) electrons. The summed E-state index contributed by atoms with van der Waals surface area (Å²) < 4.78 is 0. The smallest absolute Gasteiger partial charge is 0.337 e. The van der Waals surface area contributed by atoms with Crippen LogP contribution < -0.4 is 5.32 Å². The van der Waals surface area contributed by atoms with E-state index in [0.717, 1.165) is 12.1 Å². The summed E-state index contributed by atoms with van der Waals surface area (Å²) >= 11 is 5.95. The number of aromatic carboxylic acids is 1. The van der Waals surface area contributed by atoms with Crippen LogP contribution in [0.1, 0.15) is 16.1 Å². The molecule has 0 aliphatic rings. The van der Waals surface area contributed by atoms with Crippen molar-refractivity contribution >= 4 is 23.4 Å². The molecule has 19 heavy (non-hydrogen) atoms. The van der Waals surface area contributed by atoms with E-state index < -0.39 is 5.97 Å². The molecular formula is C13H12ClN3O2. The van der Waals surface area contributed by atoms with Gasteiger partial charge in [0.1, 0.15) is 5.82 Å². The van der Waals surface area contributed by atoms with Crippen LogP contribution in [0, 0.1) is 0 Å². The van der Waals surface area contributed by atoms with Crippen molar-refractivity contribution in [1.82, 2.24) is 9.97 Å². The average Bonchev–Trinajstić information content (AvgIpc) is 2.41. The van der Waals surface area contributed by atoms with E-state index in [0.29, 0.717) is 17.4 Å². The van der Waals surface area contributed by atoms with Gasteiger partial charge in [0.15, 0.2) is 0 Å². The fraction of sp³-hybridized carbons (Fsp3) is 0.154. The molecule has 0 aromatic carbocycles. The van der Waals surface area contributed by atoms with Gasteiger partial charge in [-0.1, -0.05) is 17.7 Å². The summed E-state index contributed by atoms with van der Waals surface area (Å²) in [6.07, 6.45) is 3.75. The fourth-order valence-corrected chi connectivity index (χ4v) is 1.77. The molecule has 0 unspecified atom stereocenters. The van der Waals surface area contributed by atoms with E-state index in [1.54, 1.807) is 6.20 Å². The Hall–Kier alpha value is -2.14. The van der Waals surface area contributed by atoms with Crippen molar-refractivity contribution in [3.05, 3.63) is 52.9 Å². The number of hydrogen-bond donors (Lipinski definition) is 2. The molecule has 0 saturated heterocycles. The zero-order valence-electron chi connectivity index (χ0n) is 10.0. The first-order chi connectivity index (χ1) is 9.16.